The van der Waals surface area contributed by atoms with Crippen LogP contribution in [-0.4, -0.2) is 43.5 Å². The third-order valence-corrected chi connectivity index (χ3v) is 6.88. The predicted octanol–water partition coefficient (Wildman–Crippen LogP) is 5.57. The van der Waals surface area contributed by atoms with Crippen molar-refractivity contribution in [1.29, 1.82) is 0 Å². The maximum Gasteiger partial charge on any atom is 0.261 e. The minimum Gasteiger partial charge on any atom is -0.380 e. The van der Waals surface area contributed by atoms with Crippen LogP contribution in [0.5, 0.6) is 0 Å². The van der Waals surface area contributed by atoms with Crippen molar-refractivity contribution >= 4 is 29.1 Å². The van der Waals surface area contributed by atoms with Crippen molar-refractivity contribution in [3.05, 3.63) is 99.2 Å². The van der Waals surface area contributed by atoms with E-state index >= 15 is 0 Å². The van der Waals surface area contributed by atoms with Crippen LogP contribution in [0.15, 0.2) is 77.5 Å². The normalized spacial score (nSPS) is 16.9. The van der Waals surface area contributed by atoms with Gasteiger partial charge in [0.15, 0.2) is 0 Å². The van der Waals surface area contributed by atoms with Gasteiger partial charge in [0.2, 0.25) is 0 Å². The third kappa shape index (κ3) is 4.22. The molecule has 2 aromatic rings. The molecule has 6 heteroatoms. The summed E-state index contributed by atoms with van der Waals surface area (Å²) in [7, 11) is 1.72. The number of carbonyl (C=O) groups is 2. The highest BCUT2D eigenvalue weighted by atomic mass is 35.5. The van der Waals surface area contributed by atoms with Crippen molar-refractivity contribution in [2.75, 3.05) is 31.7 Å². The number of hydrogen-bond acceptors (Lipinski definition) is 4. The van der Waals surface area contributed by atoms with Gasteiger partial charge in [-0.25, -0.2) is 0 Å². The monoisotopic (exact) mass is 474 g/mol. The minimum atomic E-state index is -0.191. The summed E-state index contributed by atoms with van der Waals surface area (Å²) in [6.07, 6.45) is 9.91. The molecule has 174 valence electrons. The molecule has 2 amide bonds. The van der Waals surface area contributed by atoms with Gasteiger partial charge in [-0.15, -0.1) is 0 Å². The van der Waals surface area contributed by atoms with Gasteiger partial charge in [0.1, 0.15) is 0 Å². The van der Waals surface area contributed by atoms with Gasteiger partial charge in [0, 0.05) is 36.6 Å². The van der Waals surface area contributed by atoms with Gasteiger partial charge < -0.3 is 9.64 Å². The molecule has 2 aliphatic heterocycles. The van der Waals surface area contributed by atoms with Gasteiger partial charge in [-0.3, -0.25) is 14.5 Å². The van der Waals surface area contributed by atoms with Crippen LogP contribution in [0.2, 0.25) is 5.02 Å². The third-order valence-electron chi connectivity index (χ3n) is 6.64. The van der Waals surface area contributed by atoms with Crippen LogP contribution in [-0.2, 0) is 11.2 Å². The van der Waals surface area contributed by atoms with Gasteiger partial charge in [-0.2, -0.15) is 0 Å². The summed E-state index contributed by atoms with van der Waals surface area (Å²) in [6.45, 7) is 1.82. The lowest BCUT2D eigenvalue weighted by molar-refractivity contribution is 0.0652. The lowest BCUT2D eigenvalue weighted by Crippen LogP contribution is -2.32. The molecule has 0 saturated heterocycles. The molecule has 0 saturated carbocycles. The highest BCUT2D eigenvalue weighted by Crippen LogP contribution is 2.38. The van der Waals surface area contributed by atoms with Crippen LogP contribution in [0.3, 0.4) is 0 Å². The largest absolute Gasteiger partial charge is 0.380 e. The average Bonchev–Trinajstić information content (AvgIpc) is 2.99. The number of amides is 2. The number of ether oxygens (including phenoxy) is 1. The van der Waals surface area contributed by atoms with Crippen LogP contribution in [0.4, 0.5) is 5.69 Å². The summed E-state index contributed by atoms with van der Waals surface area (Å²) in [5.41, 5.74) is 7.10. The van der Waals surface area contributed by atoms with E-state index in [-0.39, 0.29) is 11.8 Å². The zero-order valence-corrected chi connectivity index (χ0v) is 20.0. The first-order valence-electron chi connectivity index (χ1n) is 11.7. The van der Waals surface area contributed by atoms with E-state index in [4.69, 9.17) is 16.3 Å². The zero-order valence-electron chi connectivity index (χ0n) is 19.2. The number of benzene rings is 2. The van der Waals surface area contributed by atoms with Gasteiger partial charge in [-0.05, 0) is 72.7 Å². The fourth-order valence-electron chi connectivity index (χ4n) is 4.97. The van der Waals surface area contributed by atoms with E-state index in [1.54, 1.807) is 31.4 Å². The topological polar surface area (TPSA) is 49.9 Å². The van der Waals surface area contributed by atoms with Gasteiger partial charge in [0.05, 0.1) is 17.7 Å². The van der Waals surface area contributed by atoms with Gasteiger partial charge >= 0.3 is 0 Å². The Labute approximate surface area is 205 Å². The van der Waals surface area contributed by atoms with Crippen LogP contribution in [0, 0.1) is 0 Å². The molecule has 2 aromatic carbocycles. The van der Waals surface area contributed by atoms with Crippen LogP contribution >= 0.6 is 11.6 Å². The summed E-state index contributed by atoms with van der Waals surface area (Å²) >= 11 is 6.39. The summed E-state index contributed by atoms with van der Waals surface area (Å²) in [6, 6.07) is 13.1. The summed E-state index contributed by atoms with van der Waals surface area (Å²) in [5.74, 6) is -0.382. The standard InChI is InChI=1S/C28H27ClN2O3/c1-34-18-19-8-13-25-21(16-19)10-9-20-11-12-22(29)17-26(20)30(25)14-4-5-15-31-27(32)23-6-2-3-7-24(23)28(31)33/h2-3,6-8,10-13,17H,4-5,9,14-16,18H2,1H3. The number of carbonyl (C=O) groups excluding carboxylic acids is 2. The van der Waals surface area contributed by atoms with Crippen molar-refractivity contribution < 1.29 is 14.3 Å². The maximum absolute atomic E-state index is 12.7. The van der Waals surface area contributed by atoms with Crippen molar-refractivity contribution in [3.63, 3.8) is 0 Å². The average molecular weight is 475 g/mol. The molecular weight excluding hydrogens is 448 g/mol. The van der Waals surface area contributed by atoms with E-state index in [0.29, 0.717) is 29.3 Å². The fourth-order valence-corrected chi connectivity index (χ4v) is 5.14. The molecular formula is C28H27ClN2O3. The predicted molar refractivity (Wildman–Crippen MR) is 134 cm³/mol. The molecule has 0 N–H and O–H groups in total. The highest BCUT2D eigenvalue weighted by molar-refractivity contribution is 6.30. The molecule has 0 radical (unpaired) electrons. The molecule has 0 fully saturated rings. The number of unbranched alkanes of at least 4 members (excludes halogenated alkanes) is 1. The van der Waals surface area contributed by atoms with Crippen molar-refractivity contribution in [2.24, 2.45) is 0 Å². The second kappa shape index (κ2) is 9.61. The lowest BCUT2D eigenvalue weighted by Gasteiger charge is -2.31. The number of nitrogens with zero attached hydrogens (tertiary/aromatic N) is 2. The molecule has 1 aliphatic carbocycles. The Hall–Kier alpha value is -3.15. The summed E-state index contributed by atoms with van der Waals surface area (Å²) < 4.78 is 5.35. The van der Waals surface area contributed by atoms with E-state index in [9.17, 15) is 9.59 Å². The first-order chi connectivity index (χ1) is 16.6. The number of fused-ring (bicyclic) bond motifs is 3. The van der Waals surface area contributed by atoms with E-state index in [1.165, 1.54) is 27.3 Å². The fraction of sp³-hybridized carbons (Fsp3) is 0.286. The molecule has 0 unspecified atom stereocenters. The van der Waals surface area contributed by atoms with Crippen molar-refractivity contribution in [3.8, 4) is 0 Å². The molecule has 0 aromatic heterocycles. The molecule has 34 heavy (non-hydrogen) atoms. The molecule has 5 nitrogen and oxygen atoms in total. The van der Waals surface area contributed by atoms with Crippen molar-refractivity contribution in [2.45, 2.75) is 25.7 Å². The number of imide groups is 1. The Bertz CT molecular complexity index is 1210. The van der Waals surface area contributed by atoms with E-state index in [1.807, 2.05) is 12.1 Å². The Morgan fingerprint density at radius 1 is 0.941 bits per heavy atom. The molecule has 5 rings (SSSR count). The van der Waals surface area contributed by atoms with Crippen LogP contribution in [0.25, 0.3) is 0 Å². The molecule has 2 heterocycles. The number of halogens is 1. The molecule has 0 bridgehead atoms. The molecule has 0 atom stereocenters. The molecule has 3 aliphatic rings. The first kappa shape index (κ1) is 22.6. The number of anilines is 1. The number of methoxy groups -OCH3 is 1. The second-order valence-corrected chi connectivity index (χ2v) is 9.30. The first-order valence-corrected chi connectivity index (χ1v) is 12.0. The highest BCUT2D eigenvalue weighted by Gasteiger charge is 2.34. The van der Waals surface area contributed by atoms with Crippen molar-refractivity contribution in [1.82, 2.24) is 4.90 Å². The number of rotatable bonds is 7. The minimum absolute atomic E-state index is 0.191. The quantitative estimate of drug-likeness (QED) is 0.389. The maximum atomic E-state index is 12.7. The Morgan fingerprint density at radius 3 is 2.35 bits per heavy atom. The van der Waals surface area contributed by atoms with E-state index < -0.39 is 0 Å². The second-order valence-electron chi connectivity index (χ2n) is 8.86. The van der Waals surface area contributed by atoms with E-state index in [2.05, 4.69) is 29.2 Å². The lowest BCUT2D eigenvalue weighted by atomic mass is 9.96. The summed E-state index contributed by atoms with van der Waals surface area (Å²) in [5, 5.41) is 0.713. The van der Waals surface area contributed by atoms with Crippen LogP contribution in [0.1, 0.15) is 45.5 Å². The Morgan fingerprint density at radius 2 is 1.65 bits per heavy atom. The Kier molecular flexibility index (Phi) is 6.40. The summed E-state index contributed by atoms with van der Waals surface area (Å²) in [4.78, 5) is 29.1. The zero-order chi connectivity index (χ0) is 23.7. The smallest absolute Gasteiger partial charge is 0.261 e. The van der Waals surface area contributed by atoms with Gasteiger partial charge in [0.25, 0.3) is 11.8 Å². The van der Waals surface area contributed by atoms with Crippen LogP contribution < -0.4 is 4.90 Å². The Balaban J connectivity index is 1.32. The number of allylic oxidation sites excluding steroid dienone is 4. The van der Waals surface area contributed by atoms with Gasteiger partial charge in [-0.1, -0.05) is 42.0 Å². The number of hydrogen-bond donors (Lipinski definition) is 0. The SMILES string of the molecule is COCC1=CC=C2C(=CCc3ccc(Cl)cc3N2CCCCN2C(=O)c3ccccc3C2=O)C1. The van der Waals surface area contributed by atoms with E-state index in [0.717, 1.165) is 37.9 Å². The molecule has 0 spiro atoms.